The number of rotatable bonds is 9. The van der Waals surface area contributed by atoms with Gasteiger partial charge in [-0.2, -0.15) is 0 Å². The third-order valence-electron chi connectivity index (χ3n) is 4.83. The van der Waals surface area contributed by atoms with Gasteiger partial charge in [0.05, 0.1) is 32.0 Å². The molecule has 1 saturated carbocycles. The molecule has 0 unspecified atom stereocenters. The van der Waals surface area contributed by atoms with Crippen molar-refractivity contribution in [1.82, 2.24) is 0 Å². The molecule has 1 fully saturated rings. The molecule has 0 radical (unpaired) electrons. The van der Waals surface area contributed by atoms with E-state index in [0.29, 0.717) is 6.29 Å². The van der Waals surface area contributed by atoms with Gasteiger partial charge >= 0.3 is 17.9 Å². The maximum absolute atomic E-state index is 13.2. The van der Waals surface area contributed by atoms with Gasteiger partial charge in [-0.1, -0.05) is 0 Å². The number of furan rings is 1. The first-order valence-corrected chi connectivity index (χ1v) is 9.45. The molecule has 0 bridgehead atoms. The van der Waals surface area contributed by atoms with Crippen molar-refractivity contribution < 1.29 is 42.6 Å². The van der Waals surface area contributed by atoms with Crippen molar-refractivity contribution in [2.75, 3.05) is 19.8 Å². The smallest absolute Gasteiger partial charge is 0.321 e. The first kappa shape index (κ1) is 22.3. The topological polar surface area (TPSA) is 126 Å². The van der Waals surface area contributed by atoms with Gasteiger partial charge in [-0.05, 0) is 32.9 Å². The number of ether oxygens (including phenoxy) is 3. The zero-order chi connectivity index (χ0) is 21.6. The SMILES string of the molecule is CCOC(=O)C(C(=O)OCC)[C@@H]1C(=O)[C@@H](C(=O)OCC)[C@H](c2ccco2)[C@H]1C=O. The molecule has 0 spiro atoms. The summed E-state index contributed by atoms with van der Waals surface area (Å²) >= 11 is 0. The Morgan fingerprint density at radius 3 is 2.10 bits per heavy atom. The highest BCUT2D eigenvalue weighted by Crippen LogP contribution is 2.48. The lowest BCUT2D eigenvalue weighted by molar-refractivity contribution is -0.167. The summed E-state index contributed by atoms with van der Waals surface area (Å²) in [6.07, 6.45) is 1.80. The summed E-state index contributed by atoms with van der Waals surface area (Å²) in [5, 5.41) is 0. The van der Waals surface area contributed by atoms with E-state index < -0.39 is 53.3 Å². The van der Waals surface area contributed by atoms with Crippen molar-refractivity contribution in [3.8, 4) is 0 Å². The van der Waals surface area contributed by atoms with Crippen LogP contribution in [0.1, 0.15) is 32.4 Å². The Bertz CT molecular complexity index is 734. The Labute approximate surface area is 167 Å². The van der Waals surface area contributed by atoms with Crippen molar-refractivity contribution in [2.45, 2.75) is 26.7 Å². The molecule has 1 heterocycles. The van der Waals surface area contributed by atoms with Crippen molar-refractivity contribution in [2.24, 2.45) is 23.7 Å². The second kappa shape index (κ2) is 9.99. The van der Waals surface area contributed by atoms with Gasteiger partial charge in [0.1, 0.15) is 18.0 Å². The molecule has 1 aliphatic carbocycles. The number of carbonyl (C=O) groups excluding carboxylic acids is 5. The third kappa shape index (κ3) is 4.38. The largest absolute Gasteiger partial charge is 0.469 e. The maximum Gasteiger partial charge on any atom is 0.321 e. The fourth-order valence-electron chi connectivity index (χ4n) is 3.76. The Morgan fingerprint density at radius 1 is 1.07 bits per heavy atom. The number of carbonyl (C=O) groups is 5. The molecule has 0 saturated heterocycles. The second-order valence-corrected chi connectivity index (χ2v) is 6.39. The van der Waals surface area contributed by atoms with E-state index >= 15 is 0 Å². The monoisotopic (exact) mass is 408 g/mol. The molecular weight excluding hydrogens is 384 g/mol. The van der Waals surface area contributed by atoms with Crippen LogP contribution in [0.3, 0.4) is 0 Å². The number of ketones is 1. The van der Waals surface area contributed by atoms with Crippen molar-refractivity contribution >= 4 is 30.0 Å². The van der Waals surface area contributed by atoms with E-state index in [1.807, 2.05) is 0 Å². The molecule has 0 aromatic carbocycles. The van der Waals surface area contributed by atoms with E-state index in [2.05, 4.69) is 0 Å². The van der Waals surface area contributed by atoms with Crippen LogP contribution < -0.4 is 0 Å². The summed E-state index contributed by atoms with van der Waals surface area (Å²) in [6.45, 7) is 4.60. The quantitative estimate of drug-likeness (QED) is 0.257. The summed E-state index contributed by atoms with van der Waals surface area (Å²) in [4.78, 5) is 62.8. The summed E-state index contributed by atoms with van der Waals surface area (Å²) in [7, 11) is 0. The molecule has 29 heavy (non-hydrogen) atoms. The lowest BCUT2D eigenvalue weighted by Gasteiger charge is -2.23. The van der Waals surface area contributed by atoms with E-state index in [4.69, 9.17) is 18.6 Å². The first-order chi connectivity index (χ1) is 13.9. The molecule has 158 valence electrons. The second-order valence-electron chi connectivity index (χ2n) is 6.39. The molecule has 9 nitrogen and oxygen atoms in total. The number of Topliss-reactive ketones (excluding diaryl/α,β-unsaturated/α-hetero) is 1. The summed E-state index contributed by atoms with van der Waals surface area (Å²) in [5.41, 5.74) is 0. The Kier molecular flexibility index (Phi) is 7.69. The van der Waals surface area contributed by atoms with Gasteiger partial charge in [-0.25, -0.2) is 0 Å². The molecule has 1 aromatic heterocycles. The van der Waals surface area contributed by atoms with E-state index in [0.717, 1.165) is 0 Å². The molecular formula is C20H24O9. The van der Waals surface area contributed by atoms with E-state index in [9.17, 15) is 24.0 Å². The van der Waals surface area contributed by atoms with Gasteiger partial charge in [0.2, 0.25) is 0 Å². The van der Waals surface area contributed by atoms with Crippen LogP contribution in [0.25, 0.3) is 0 Å². The highest BCUT2D eigenvalue weighted by Gasteiger charge is 2.61. The molecule has 4 atom stereocenters. The van der Waals surface area contributed by atoms with Gasteiger partial charge < -0.3 is 23.4 Å². The lowest BCUT2D eigenvalue weighted by Crippen LogP contribution is -2.40. The molecule has 0 N–H and O–H groups in total. The normalized spacial score (nSPS) is 23.7. The van der Waals surface area contributed by atoms with Crippen molar-refractivity contribution in [3.63, 3.8) is 0 Å². The highest BCUT2D eigenvalue weighted by molar-refractivity contribution is 6.10. The highest BCUT2D eigenvalue weighted by atomic mass is 16.6. The van der Waals surface area contributed by atoms with Crippen LogP contribution in [0.4, 0.5) is 0 Å². The average molecular weight is 408 g/mol. The molecule has 9 heteroatoms. The predicted octanol–water partition coefficient (Wildman–Crippen LogP) is 1.30. The van der Waals surface area contributed by atoms with Gasteiger partial charge in [0, 0.05) is 11.8 Å². The third-order valence-corrected chi connectivity index (χ3v) is 4.83. The van der Waals surface area contributed by atoms with Crippen LogP contribution in [0.15, 0.2) is 22.8 Å². The number of hydrogen-bond acceptors (Lipinski definition) is 9. The summed E-state index contributed by atoms with van der Waals surface area (Å²) in [5.74, 6) is -10.1. The number of esters is 3. The molecule has 2 rings (SSSR count). The molecule has 1 aliphatic rings. The van der Waals surface area contributed by atoms with Crippen molar-refractivity contribution in [1.29, 1.82) is 0 Å². The van der Waals surface area contributed by atoms with Gasteiger partial charge in [0.25, 0.3) is 0 Å². The molecule has 0 amide bonds. The van der Waals surface area contributed by atoms with Gasteiger partial charge in [0.15, 0.2) is 11.7 Å². The Balaban J connectivity index is 2.57. The predicted molar refractivity (Wildman–Crippen MR) is 96.4 cm³/mol. The van der Waals surface area contributed by atoms with Crippen LogP contribution in [0, 0.1) is 23.7 Å². The van der Waals surface area contributed by atoms with E-state index in [1.54, 1.807) is 26.8 Å². The number of hydrogen-bond donors (Lipinski definition) is 0. The first-order valence-electron chi connectivity index (χ1n) is 9.45. The van der Waals surface area contributed by atoms with E-state index in [1.165, 1.54) is 12.3 Å². The average Bonchev–Trinajstić information content (AvgIpc) is 3.29. The van der Waals surface area contributed by atoms with Crippen LogP contribution in [0.2, 0.25) is 0 Å². The van der Waals surface area contributed by atoms with Crippen molar-refractivity contribution in [3.05, 3.63) is 24.2 Å². The zero-order valence-corrected chi connectivity index (χ0v) is 16.5. The zero-order valence-electron chi connectivity index (χ0n) is 16.5. The summed E-state index contributed by atoms with van der Waals surface area (Å²) in [6, 6.07) is 3.07. The van der Waals surface area contributed by atoms with Gasteiger partial charge in [-0.3, -0.25) is 19.2 Å². The fourth-order valence-corrected chi connectivity index (χ4v) is 3.76. The molecule has 1 aromatic rings. The minimum atomic E-state index is -1.67. The van der Waals surface area contributed by atoms with Gasteiger partial charge in [-0.15, -0.1) is 0 Å². The maximum atomic E-state index is 13.2. The molecule has 0 aliphatic heterocycles. The standard InChI is InChI=1S/C20H24O9/c1-4-26-18(23)15-13(12-8-7-9-29-12)11(10-21)14(17(15)22)16(19(24)27-5-2)20(25)28-6-3/h7-11,13-16H,4-6H2,1-3H3/t11-,13+,14-,15+/m1/s1. The lowest BCUT2D eigenvalue weighted by atomic mass is 9.80. The van der Waals surface area contributed by atoms with E-state index in [-0.39, 0.29) is 25.6 Å². The summed E-state index contributed by atoms with van der Waals surface area (Å²) < 4.78 is 20.3. The minimum Gasteiger partial charge on any atom is -0.469 e. The minimum absolute atomic E-state index is 0.0170. The Hall–Kier alpha value is -2.97. The fraction of sp³-hybridized carbons (Fsp3) is 0.550. The Morgan fingerprint density at radius 2 is 1.66 bits per heavy atom. The number of aldehydes is 1. The van der Waals surface area contributed by atoms with Crippen LogP contribution >= 0.6 is 0 Å². The van der Waals surface area contributed by atoms with Crippen LogP contribution in [-0.2, 0) is 38.2 Å². The van der Waals surface area contributed by atoms with Crippen LogP contribution in [-0.4, -0.2) is 49.8 Å². The van der Waals surface area contributed by atoms with Crippen LogP contribution in [0.5, 0.6) is 0 Å².